The Bertz CT molecular complexity index is 212. The fourth-order valence-electron chi connectivity index (χ4n) is 1.41. The molecule has 0 spiro atoms. The molecule has 0 aromatic heterocycles. The number of likely N-dealkylation sites (N-methyl/N-ethyl adjacent to an activating group) is 1. The fourth-order valence-corrected chi connectivity index (χ4v) is 2.62. The first kappa shape index (κ1) is 11.9. The number of aliphatic hydroxyl groups excluding tert-OH is 1. The van der Waals surface area contributed by atoms with Gasteiger partial charge in [-0.2, -0.15) is 11.8 Å². The summed E-state index contributed by atoms with van der Waals surface area (Å²) in [5.41, 5.74) is -0.440. The number of amides is 1. The van der Waals surface area contributed by atoms with Crippen molar-refractivity contribution < 1.29 is 9.90 Å². The molecular weight excluding hydrogens is 198 g/mol. The second kappa shape index (κ2) is 4.53. The van der Waals surface area contributed by atoms with Gasteiger partial charge in [-0.3, -0.25) is 4.79 Å². The molecule has 82 valence electrons. The largest absolute Gasteiger partial charge is 0.394 e. The third-order valence-electron chi connectivity index (χ3n) is 2.90. The van der Waals surface area contributed by atoms with E-state index in [2.05, 4.69) is 0 Å². The molecule has 1 amide bonds. The summed E-state index contributed by atoms with van der Waals surface area (Å²) in [6.45, 7) is 3.77. The fraction of sp³-hybridized carbons (Fsp3) is 0.900. The predicted molar refractivity (Wildman–Crippen MR) is 59.4 cm³/mol. The van der Waals surface area contributed by atoms with Crippen LogP contribution in [0.15, 0.2) is 0 Å². The minimum absolute atomic E-state index is 0.00903. The maximum Gasteiger partial charge on any atom is 0.226 e. The van der Waals surface area contributed by atoms with Gasteiger partial charge in [-0.05, 0) is 26.0 Å². The quantitative estimate of drug-likeness (QED) is 0.766. The lowest BCUT2D eigenvalue weighted by Gasteiger charge is -2.35. The number of carbonyl (C=O) groups excluding carboxylic acids is 1. The Morgan fingerprint density at radius 2 is 2.29 bits per heavy atom. The van der Waals surface area contributed by atoms with E-state index in [4.69, 9.17) is 5.11 Å². The van der Waals surface area contributed by atoms with Crippen molar-refractivity contribution in [3.63, 3.8) is 0 Å². The lowest BCUT2D eigenvalue weighted by Crippen LogP contribution is -2.49. The number of hydrogen-bond acceptors (Lipinski definition) is 3. The molecule has 1 aliphatic rings. The van der Waals surface area contributed by atoms with E-state index in [1.165, 1.54) is 0 Å². The molecule has 1 aliphatic heterocycles. The van der Waals surface area contributed by atoms with Gasteiger partial charge >= 0.3 is 0 Å². The Labute approximate surface area is 89.9 Å². The molecule has 1 unspecified atom stereocenters. The van der Waals surface area contributed by atoms with E-state index in [-0.39, 0.29) is 18.4 Å². The van der Waals surface area contributed by atoms with Crippen molar-refractivity contribution in [3.8, 4) is 0 Å². The van der Waals surface area contributed by atoms with Gasteiger partial charge in [0.05, 0.1) is 12.1 Å². The maximum atomic E-state index is 12.0. The Balaban J connectivity index is 2.59. The summed E-state index contributed by atoms with van der Waals surface area (Å²) in [4.78, 5) is 13.6. The number of nitrogens with zero attached hydrogens (tertiary/aromatic N) is 1. The van der Waals surface area contributed by atoms with Crippen LogP contribution in [-0.4, -0.2) is 46.6 Å². The highest BCUT2D eigenvalue weighted by Gasteiger charge is 2.32. The van der Waals surface area contributed by atoms with E-state index < -0.39 is 5.54 Å². The summed E-state index contributed by atoms with van der Waals surface area (Å²) < 4.78 is 0. The number of thioether (sulfide) groups is 1. The van der Waals surface area contributed by atoms with Crippen molar-refractivity contribution in [2.24, 2.45) is 5.92 Å². The zero-order valence-electron chi connectivity index (χ0n) is 9.12. The molecule has 14 heavy (non-hydrogen) atoms. The van der Waals surface area contributed by atoms with Crippen LogP contribution in [-0.2, 0) is 4.79 Å². The molecule has 0 aromatic rings. The lowest BCUT2D eigenvalue weighted by molar-refractivity contribution is -0.139. The van der Waals surface area contributed by atoms with E-state index in [1.807, 2.05) is 25.6 Å². The van der Waals surface area contributed by atoms with Crippen LogP contribution in [0.4, 0.5) is 0 Å². The number of carbonyl (C=O) groups is 1. The second-order valence-corrected chi connectivity index (χ2v) is 5.58. The molecule has 1 fully saturated rings. The van der Waals surface area contributed by atoms with Gasteiger partial charge in [-0.15, -0.1) is 0 Å². The molecule has 4 heteroatoms. The standard InChI is InChI=1S/C10H19NO2S/c1-10(2,7-12)11(3)9(13)8-4-5-14-6-8/h8,12H,4-7H2,1-3H3. The van der Waals surface area contributed by atoms with Crippen LogP contribution in [0.2, 0.25) is 0 Å². The second-order valence-electron chi connectivity index (χ2n) is 4.43. The first-order chi connectivity index (χ1) is 6.49. The summed E-state index contributed by atoms with van der Waals surface area (Å²) in [7, 11) is 1.78. The van der Waals surface area contributed by atoms with Crippen molar-refractivity contribution in [3.05, 3.63) is 0 Å². The summed E-state index contributed by atoms with van der Waals surface area (Å²) in [5, 5.41) is 9.16. The van der Waals surface area contributed by atoms with E-state index in [1.54, 1.807) is 11.9 Å². The molecule has 1 rings (SSSR count). The van der Waals surface area contributed by atoms with Gasteiger partial charge in [0.1, 0.15) is 0 Å². The first-order valence-electron chi connectivity index (χ1n) is 4.95. The minimum atomic E-state index is -0.440. The zero-order chi connectivity index (χ0) is 10.8. The van der Waals surface area contributed by atoms with Crippen LogP contribution < -0.4 is 0 Å². The molecule has 0 bridgehead atoms. The molecule has 1 N–H and O–H groups in total. The average Bonchev–Trinajstić information content (AvgIpc) is 2.68. The van der Waals surface area contributed by atoms with Crippen LogP contribution in [0.3, 0.4) is 0 Å². The van der Waals surface area contributed by atoms with Gasteiger partial charge in [0, 0.05) is 18.7 Å². The minimum Gasteiger partial charge on any atom is -0.394 e. The number of hydrogen-bond donors (Lipinski definition) is 1. The van der Waals surface area contributed by atoms with Gasteiger partial charge < -0.3 is 10.0 Å². The van der Waals surface area contributed by atoms with E-state index in [9.17, 15) is 4.79 Å². The van der Waals surface area contributed by atoms with Crippen LogP contribution >= 0.6 is 11.8 Å². The highest BCUT2D eigenvalue weighted by molar-refractivity contribution is 7.99. The Morgan fingerprint density at radius 1 is 1.64 bits per heavy atom. The van der Waals surface area contributed by atoms with Gasteiger partial charge in [-0.1, -0.05) is 0 Å². The Hall–Kier alpha value is -0.220. The number of rotatable bonds is 3. The molecule has 0 aromatic carbocycles. The molecule has 1 heterocycles. The molecule has 1 saturated heterocycles. The maximum absolute atomic E-state index is 12.0. The molecule has 3 nitrogen and oxygen atoms in total. The van der Waals surface area contributed by atoms with Crippen molar-refractivity contribution in [2.75, 3.05) is 25.2 Å². The highest BCUT2D eigenvalue weighted by atomic mass is 32.2. The summed E-state index contributed by atoms with van der Waals surface area (Å²) in [6, 6.07) is 0. The van der Waals surface area contributed by atoms with E-state index in [0.717, 1.165) is 17.9 Å². The highest BCUT2D eigenvalue weighted by Crippen LogP contribution is 2.26. The van der Waals surface area contributed by atoms with E-state index >= 15 is 0 Å². The van der Waals surface area contributed by atoms with Gasteiger partial charge in [0.2, 0.25) is 5.91 Å². The monoisotopic (exact) mass is 217 g/mol. The molecular formula is C10H19NO2S. The van der Waals surface area contributed by atoms with Crippen LogP contribution in [0.1, 0.15) is 20.3 Å². The van der Waals surface area contributed by atoms with Gasteiger partial charge in [0.25, 0.3) is 0 Å². The summed E-state index contributed by atoms with van der Waals surface area (Å²) in [5.74, 6) is 2.36. The van der Waals surface area contributed by atoms with Crippen molar-refractivity contribution in [2.45, 2.75) is 25.8 Å². The SMILES string of the molecule is CN(C(=O)C1CCSC1)C(C)(C)CO. The molecule has 1 atom stereocenters. The third kappa shape index (κ3) is 2.42. The Kier molecular flexibility index (Phi) is 3.84. The molecule has 0 saturated carbocycles. The normalized spacial score (nSPS) is 22.4. The van der Waals surface area contributed by atoms with Crippen molar-refractivity contribution in [1.82, 2.24) is 4.90 Å². The Morgan fingerprint density at radius 3 is 2.71 bits per heavy atom. The third-order valence-corrected chi connectivity index (χ3v) is 4.07. The van der Waals surface area contributed by atoms with Crippen LogP contribution in [0, 0.1) is 5.92 Å². The first-order valence-corrected chi connectivity index (χ1v) is 6.11. The predicted octanol–water partition coefficient (Wildman–Crippen LogP) is 0.969. The summed E-state index contributed by atoms with van der Waals surface area (Å²) in [6.07, 6.45) is 0.981. The topological polar surface area (TPSA) is 40.5 Å². The average molecular weight is 217 g/mol. The summed E-state index contributed by atoms with van der Waals surface area (Å²) >= 11 is 1.84. The van der Waals surface area contributed by atoms with Gasteiger partial charge in [0.15, 0.2) is 0 Å². The zero-order valence-corrected chi connectivity index (χ0v) is 9.93. The van der Waals surface area contributed by atoms with E-state index in [0.29, 0.717) is 0 Å². The molecule has 0 aliphatic carbocycles. The van der Waals surface area contributed by atoms with Gasteiger partial charge in [-0.25, -0.2) is 0 Å². The van der Waals surface area contributed by atoms with Crippen LogP contribution in [0.5, 0.6) is 0 Å². The van der Waals surface area contributed by atoms with Crippen molar-refractivity contribution in [1.29, 1.82) is 0 Å². The lowest BCUT2D eigenvalue weighted by atomic mass is 10.0. The number of aliphatic hydroxyl groups is 1. The molecule has 0 radical (unpaired) electrons. The van der Waals surface area contributed by atoms with Crippen molar-refractivity contribution >= 4 is 17.7 Å². The van der Waals surface area contributed by atoms with Crippen LogP contribution in [0.25, 0.3) is 0 Å². The smallest absolute Gasteiger partial charge is 0.226 e.